The zero-order valence-electron chi connectivity index (χ0n) is 15.3. The van der Waals surface area contributed by atoms with Crippen molar-refractivity contribution in [1.29, 1.82) is 0 Å². The summed E-state index contributed by atoms with van der Waals surface area (Å²) in [5.41, 5.74) is 0. The van der Waals surface area contributed by atoms with E-state index < -0.39 is 10.3 Å². The minimum atomic E-state index is -4.22. The summed E-state index contributed by atoms with van der Waals surface area (Å²) in [4.78, 5) is 6.21. The highest BCUT2D eigenvalue weighted by Crippen LogP contribution is 2.09. The fourth-order valence-corrected chi connectivity index (χ4v) is 2.77. The van der Waals surface area contributed by atoms with Gasteiger partial charge >= 0.3 is 10.3 Å². The molecule has 0 heterocycles. The van der Waals surface area contributed by atoms with Crippen molar-refractivity contribution in [3.05, 3.63) is 12.2 Å². The van der Waals surface area contributed by atoms with E-state index in [0.717, 1.165) is 19.3 Å². The van der Waals surface area contributed by atoms with Crippen molar-refractivity contribution in [1.82, 2.24) is 4.89 Å². The minimum absolute atomic E-state index is 0.293. The molecular weight excluding hydrogens is 326 g/mol. The van der Waals surface area contributed by atoms with E-state index in [1.807, 2.05) is 0 Å². The van der Waals surface area contributed by atoms with Crippen molar-refractivity contribution in [2.75, 3.05) is 6.61 Å². The maximum absolute atomic E-state index is 10.3. The lowest BCUT2D eigenvalue weighted by Crippen LogP contribution is -2.23. The van der Waals surface area contributed by atoms with Crippen LogP contribution in [0.25, 0.3) is 0 Å². The van der Waals surface area contributed by atoms with Crippen LogP contribution >= 0.6 is 0 Å². The first kappa shape index (κ1) is 23.6. The van der Waals surface area contributed by atoms with Crippen LogP contribution in [0.4, 0.5) is 0 Å². The van der Waals surface area contributed by atoms with Gasteiger partial charge in [0.05, 0.1) is 6.61 Å². The highest BCUT2D eigenvalue weighted by molar-refractivity contribution is 7.83. The SMILES string of the molecule is CCCCCCCCC=CCCCCCCCCONS(=O)(=O)O. The first-order chi connectivity index (χ1) is 11.6. The van der Waals surface area contributed by atoms with E-state index in [4.69, 9.17) is 4.55 Å². The van der Waals surface area contributed by atoms with Gasteiger partial charge in [0.2, 0.25) is 0 Å². The van der Waals surface area contributed by atoms with E-state index in [9.17, 15) is 8.42 Å². The average Bonchev–Trinajstić information content (AvgIpc) is 2.52. The predicted octanol–water partition coefficient (Wildman–Crippen LogP) is 5.35. The summed E-state index contributed by atoms with van der Waals surface area (Å²) >= 11 is 0. The Morgan fingerprint density at radius 1 is 0.792 bits per heavy atom. The number of allylic oxidation sites excluding steroid dienone is 2. The molecule has 0 aliphatic heterocycles. The van der Waals surface area contributed by atoms with E-state index in [-0.39, 0.29) is 0 Å². The van der Waals surface area contributed by atoms with Crippen LogP contribution in [0.3, 0.4) is 0 Å². The third-order valence-electron chi connectivity index (χ3n) is 3.92. The molecule has 0 spiro atoms. The second-order valence-electron chi connectivity index (χ2n) is 6.34. The molecule has 0 rings (SSSR count). The fraction of sp³-hybridized carbons (Fsp3) is 0.889. The van der Waals surface area contributed by atoms with Crippen LogP contribution in [0.15, 0.2) is 12.2 Å². The lowest BCUT2D eigenvalue weighted by atomic mass is 10.1. The van der Waals surface area contributed by atoms with Crippen LogP contribution in [0.5, 0.6) is 0 Å². The highest BCUT2D eigenvalue weighted by Gasteiger charge is 2.01. The molecule has 0 aliphatic carbocycles. The summed E-state index contributed by atoms with van der Waals surface area (Å²) < 4.78 is 29.0. The minimum Gasteiger partial charge on any atom is -0.285 e. The van der Waals surface area contributed by atoms with Crippen molar-refractivity contribution < 1.29 is 17.8 Å². The van der Waals surface area contributed by atoms with Gasteiger partial charge in [-0.15, -0.1) is 0 Å². The van der Waals surface area contributed by atoms with Crippen molar-refractivity contribution in [2.45, 2.75) is 96.8 Å². The molecule has 0 aliphatic rings. The van der Waals surface area contributed by atoms with Crippen LogP contribution in [-0.2, 0) is 15.1 Å². The zero-order chi connectivity index (χ0) is 17.9. The Morgan fingerprint density at radius 2 is 1.25 bits per heavy atom. The largest absolute Gasteiger partial charge is 0.355 e. The predicted molar refractivity (Wildman–Crippen MR) is 100 cm³/mol. The number of unbranched alkanes of at least 4 members (excludes halogenated alkanes) is 12. The van der Waals surface area contributed by atoms with Crippen molar-refractivity contribution >= 4 is 10.3 Å². The zero-order valence-corrected chi connectivity index (χ0v) is 16.2. The quantitative estimate of drug-likeness (QED) is 0.149. The lowest BCUT2D eigenvalue weighted by molar-refractivity contribution is 0.0832. The molecule has 0 fully saturated rings. The van der Waals surface area contributed by atoms with Gasteiger partial charge in [0.1, 0.15) is 0 Å². The summed E-state index contributed by atoms with van der Waals surface area (Å²) in [6, 6.07) is 0. The van der Waals surface area contributed by atoms with Gasteiger partial charge in [-0.05, 0) is 32.1 Å². The monoisotopic (exact) mass is 363 g/mol. The molecule has 6 heteroatoms. The molecule has 0 aromatic rings. The van der Waals surface area contributed by atoms with Gasteiger partial charge in [-0.3, -0.25) is 9.39 Å². The van der Waals surface area contributed by atoms with Crippen LogP contribution in [0.2, 0.25) is 0 Å². The van der Waals surface area contributed by atoms with Gasteiger partial charge in [-0.1, -0.05) is 81.7 Å². The molecule has 0 aromatic heterocycles. The van der Waals surface area contributed by atoms with E-state index >= 15 is 0 Å². The molecule has 0 saturated carbocycles. The Bertz CT molecular complexity index is 382. The van der Waals surface area contributed by atoms with Gasteiger partial charge in [0.15, 0.2) is 0 Å². The van der Waals surface area contributed by atoms with E-state index in [1.165, 1.54) is 70.6 Å². The number of nitrogens with one attached hydrogen (secondary N) is 1. The fourth-order valence-electron chi connectivity index (χ4n) is 2.54. The third-order valence-corrected chi connectivity index (χ3v) is 4.25. The van der Waals surface area contributed by atoms with Gasteiger partial charge in [0.25, 0.3) is 0 Å². The molecule has 0 amide bonds. The summed E-state index contributed by atoms with van der Waals surface area (Å²) in [5.74, 6) is 0. The molecule has 0 saturated heterocycles. The molecule has 0 radical (unpaired) electrons. The molecule has 0 aromatic carbocycles. The second-order valence-corrected chi connectivity index (χ2v) is 7.46. The van der Waals surface area contributed by atoms with Gasteiger partial charge in [-0.25, -0.2) is 0 Å². The summed E-state index contributed by atoms with van der Waals surface area (Å²) in [7, 11) is -4.22. The maximum atomic E-state index is 10.3. The number of hydrogen-bond acceptors (Lipinski definition) is 3. The smallest absolute Gasteiger partial charge is 0.285 e. The first-order valence-corrected chi connectivity index (χ1v) is 11.0. The van der Waals surface area contributed by atoms with Crippen LogP contribution in [0, 0.1) is 0 Å². The number of rotatable bonds is 18. The molecule has 5 nitrogen and oxygen atoms in total. The molecule has 0 unspecified atom stereocenters. The topological polar surface area (TPSA) is 75.6 Å². The Labute approximate surface area is 149 Å². The number of hydrogen-bond donors (Lipinski definition) is 2. The van der Waals surface area contributed by atoms with E-state index in [2.05, 4.69) is 23.9 Å². The van der Waals surface area contributed by atoms with Crippen LogP contribution in [-0.4, -0.2) is 19.6 Å². The van der Waals surface area contributed by atoms with E-state index in [0.29, 0.717) is 6.61 Å². The van der Waals surface area contributed by atoms with Gasteiger partial charge in [-0.2, -0.15) is 8.42 Å². The summed E-state index contributed by atoms with van der Waals surface area (Å²) in [6.07, 6.45) is 21.9. The molecule has 0 bridgehead atoms. The Kier molecular flexibility index (Phi) is 17.1. The second kappa shape index (κ2) is 17.4. The highest BCUT2D eigenvalue weighted by atomic mass is 32.2. The molecule has 2 N–H and O–H groups in total. The maximum Gasteiger partial charge on any atom is 0.355 e. The van der Waals surface area contributed by atoms with Gasteiger partial charge < -0.3 is 0 Å². The Balaban J connectivity index is 3.13. The lowest BCUT2D eigenvalue weighted by Gasteiger charge is -2.03. The average molecular weight is 364 g/mol. The molecule has 24 heavy (non-hydrogen) atoms. The molecular formula is C18H37NO4S. The Morgan fingerprint density at radius 3 is 1.75 bits per heavy atom. The van der Waals surface area contributed by atoms with Crippen molar-refractivity contribution in [3.8, 4) is 0 Å². The van der Waals surface area contributed by atoms with Gasteiger partial charge in [0, 0.05) is 0 Å². The van der Waals surface area contributed by atoms with Crippen molar-refractivity contribution in [2.24, 2.45) is 0 Å². The standard InChI is InChI=1S/C18H37NO4S/c1-2-3-4-5-6-7-8-9-10-11-12-13-14-15-16-17-18-23-19-24(20,21)22/h9-10,19H,2-8,11-18H2,1H3,(H,20,21,22). The summed E-state index contributed by atoms with van der Waals surface area (Å²) in [5, 5.41) is 0. The van der Waals surface area contributed by atoms with Crippen LogP contribution < -0.4 is 4.89 Å². The molecule has 144 valence electrons. The first-order valence-electron chi connectivity index (χ1n) is 9.57. The van der Waals surface area contributed by atoms with Crippen molar-refractivity contribution in [3.63, 3.8) is 0 Å². The van der Waals surface area contributed by atoms with Crippen LogP contribution in [0.1, 0.15) is 96.8 Å². The molecule has 0 atom stereocenters. The normalized spacial score (nSPS) is 12.2. The summed E-state index contributed by atoms with van der Waals surface area (Å²) in [6.45, 7) is 2.55. The Hall–Kier alpha value is -0.430. The third kappa shape index (κ3) is 21.6. The van der Waals surface area contributed by atoms with E-state index in [1.54, 1.807) is 4.89 Å².